The molecule has 0 fully saturated rings. The summed E-state index contributed by atoms with van der Waals surface area (Å²) in [5.41, 5.74) is 3.69. The van der Waals surface area contributed by atoms with Crippen LogP contribution in [-0.2, 0) is 11.8 Å². The van der Waals surface area contributed by atoms with Gasteiger partial charge in [0.15, 0.2) is 0 Å². The van der Waals surface area contributed by atoms with E-state index in [0.29, 0.717) is 12.3 Å². The Labute approximate surface area is 147 Å². The van der Waals surface area contributed by atoms with Crippen LogP contribution in [0.1, 0.15) is 27.8 Å². The van der Waals surface area contributed by atoms with Gasteiger partial charge in [0.2, 0.25) is 0 Å². The second-order valence-electron chi connectivity index (χ2n) is 6.29. The van der Waals surface area contributed by atoms with Gasteiger partial charge in [-0.2, -0.15) is 0 Å². The standard InChI is InChI=1S/C20H23N3O2/c1-14-8-9-17-15(11-14)12-18(22(17)2)20(24)23(3)19(13-25-4)16-7-5-6-10-21-16/h5-12,19H,13H2,1-4H3/t19-/m1/s1. The number of likely N-dealkylation sites (N-methyl/N-ethyl adjacent to an activating group) is 1. The second kappa shape index (κ2) is 7.07. The number of methoxy groups -OCH3 is 1. The van der Waals surface area contributed by atoms with Crippen LogP contribution < -0.4 is 0 Å². The number of aryl methyl sites for hydroxylation is 2. The number of carbonyl (C=O) groups is 1. The van der Waals surface area contributed by atoms with Gasteiger partial charge in [0.05, 0.1) is 18.3 Å². The number of aromatic nitrogens is 2. The number of ether oxygens (including phenoxy) is 1. The minimum absolute atomic E-state index is 0.0518. The van der Waals surface area contributed by atoms with Crippen LogP contribution in [0, 0.1) is 6.92 Å². The van der Waals surface area contributed by atoms with Crippen LogP contribution in [0.5, 0.6) is 0 Å². The first kappa shape index (κ1) is 17.2. The van der Waals surface area contributed by atoms with Crippen molar-refractivity contribution in [3.8, 4) is 0 Å². The summed E-state index contributed by atoms with van der Waals surface area (Å²) >= 11 is 0. The van der Waals surface area contributed by atoms with Gasteiger partial charge in [0.25, 0.3) is 5.91 Å². The zero-order chi connectivity index (χ0) is 18.0. The molecule has 0 bridgehead atoms. The molecule has 3 aromatic rings. The number of benzene rings is 1. The van der Waals surface area contributed by atoms with Gasteiger partial charge < -0.3 is 14.2 Å². The quantitative estimate of drug-likeness (QED) is 0.717. The highest BCUT2D eigenvalue weighted by Gasteiger charge is 2.26. The van der Waals surface area contributed by atoms with E-state index in [9.17, 15) is 4.79 Å². The molecule has 0 unspecified atom stereocenters. The third-order valence-corrected chi connectivity index (χ3v) is 4.56. The molecule has 0 aliphatic heterocycles. The van der Waals surface area contributed by atoms with E-state index in [1.54, 1.807) is 25.3 Å². The van der Waals surface area contributed by atoms with Crippen molar-refractivity contribution in [1.82, 2.24) is 14.5 Å². The topological polar surface area (TPSA) is 47.4 Å². The van der Waals surface area contributed by atoms with Crippen LogP contribution in [0.4, 0.5) is 0 Å². The summed E-state index contributed by atoms with van der Waals surface area (Å²) in [5, 5.41) is 1.07. The predicted octanol–water partition coefficient (Wildman–Crippen LogP) is 3.34. The fourth-order valence-corrected chi connectivity index (χ4v) is 3.12. The van der Waals surface area contributed by atoms with Gasteiger partial charge in [0.1, 0.15) is 5.69 Å². The average Bonchev–Trinajstić information content (AvgIpc) is 2.95. The summed E-state index contributed by atoms with van der Waals surface area (Å²) < 4.78 is 7.27. The lowest BCUT2D eigenvalue weighted by Crippen LogP contribution is -2.35. The highest BCUT2D eigenvalue weighted by molar-refractivity contribution is 5.99. The van der Waals surface area contributed by atoms with E-state index in [4.69, 9.17) is 4.74 Å². The number of hydrogen-bond donors (Lipinski definition) is 0. The molecule has 3 rings (SSSR count). The summed E-state index contributed by atoms with van der Waals surface area (Å²) in [7, 11) is 5.35. The Hall–Kier alpha value is -2.66. The van der Waals surface area contributed by atoms with Crippen molar-refractivity contribution >= 4 is 16.8 Å². The monoisotopic (exact) mass is 337 g/mol. The smallest absolute Gasteiger partial charge is 0.270 e. The Morgan fingerprint density at radius 3 is 2.76 bits per heavy atom. The van der Waals surface area contributed by atoms with E-state index in [-0.39, 0.29) is 11.9 Å². The number of carbonyl (C=O) groups excluding carboxylic acids is 1. The van der Waals surface area contributed by atoms with Crippen molar-refractivity contribution in [1.29, 1.82) is 0 Å². The first-order valence-electron chi connectivity index (χ1n) is 8.26. The Morgan fingerprint density at radius 2 is 2.08 bits per heavy atom. The molecule has 0 spiro atoms. The van der Waals surface area contributed by atoms with Gasteiger partial charge in [-0.15, -0.1) is 0 Å². The Balaban J connectivity index is 1.97. The molecule has 0 radical (unpaired) electrons. The Morgan fingerprint density at radius 1 is 1.28 bits per heavy atom. The molecule has 0 saturated carbocycles. The first-order chi connectivity index (χ1) is 12.0. The molecule has 0 aliphatic carbocycles. The molecular formula is C20H23N3O2. The van der Waals surface area contributed by atoms with Crippen LogP contribution in [-0.4, -0.2) is 41.1 Å². The number of pyridine rings is 1. The summed E-state index contributed by atoms with van der Waals surface area (Å²) in [6.45, 7) is 2.44. The van der Waals surface area contributed by atoms with Gasteiger partial charge in [0, 0.05) is 38.3 Å². The number of nitrogens with zero attached hydrogens (tertiary/aromatic N) is 3. The lowest BCUT2D eigenvalue weighted by Gasteiger charge is -2.27. The molecule has 5 nitrogen and oxygen atoms in total. The van der Waals surface area contributed by atoms with Gasteiger partial charge >= 0.3 is 0 Å². The normalized spacial score (nSPS) is 12.3. The fourth-order valence-electron chi connectivity index (χ4n) is 3.12. The first-order valence-corrected chi connectivity index (χ1v) is 8.26. The Kier molecular flexibility index (Phi) is 4.86. The van der Waals surface area contributed by atoms with Gasteiger partial charge in [-0.25, -0.2) is 0 Å². The molecule has 2 aromatic heterocycles. The van der Waals surface area contributed by atoms with Crippen molar-refractivity contribution in [3.05, 3.63) is 65.6 Å². The van der Waals surface area contributed by atoms with Crippen LogP contribution in [0.2, 0.25) is 0 Å². The van der Waals surface area contributed by atoms with Gasteiger partial charge in [-0.3, -0.25) is 9.78 Å². The third kappa shape index (κ3) is 3.28. The van der Waals surface area contributed by atoms with Crippen LogP contribution in [0.3, 0.4) is 0 Å². The van der Waals surface area contributed by atoms with Gasteiger partial charge in [-0.05, 0) is 37.3 Å². The summed E-state index contributed by atoms with van der Waals surface area (Å²) in [5.74, 6) is -0.0518. The largest absolute Gasteiger partial charge is 0.382 e. The van der Waals surface area contributed by atoms with Crippen LogP contribution in [0.25, 0.3) is 10.9 Å². The molecule has 130 valence electrons. The summed E-state index contributed by atoms with van der Waals surface area (Å²) in [6.07, 6.45) is 1.73. The van der Waals surface area contributed by atoms with E-state index in [1.807, 2.05) is 41.9 Å². The third-order valence-electron chi connectivity index (χ3n) is 4.56. The summed E-state index contributed by atoms with van der Waals surface area (Å²) in [4.78, 5) is 19.2. The number of hydrogen-bond acceptors (Lipinski definition) is 3. The molecule has 2 heterocycles. The molecule has 1 amide bonds. The predicted molar refractivity (Wildman–Crippen MR) is 98.6 cm³/mol. The maximum Gasteiger partial charge on any atom is 0.270 e. The minimum Gasteiger partial charge on any atom is -0.382 e. The van der Waals surface area contributed by atoms with Crippen molar-refractivity contribution < 1.29 is 9.53 Å². The molecule has 0 saturated heterocycles. The molecule has 1 atom stereocenters. The Bertz CT molecular complexity index is 887. The van der Waals surface area contributed by atoms with Crippen LogP contribution >= 0.6 is 0 Å². The molecule has 5 heteroatoms. The van der Waals surface area contributed by atoms with Crippen molar-refractivity contribution in [2.75, 3.05) is 20.8 Å². The molecular weight excluding hydrogens is 314 g/mol. The minimum atomic E-state index is -0.238. The van der Waals surface area contributed by atoms with Crippen molar-refractivity contribution in [3.63, 3.8) is 0 Å². The highest BCUT2D eigenvalue weighted by Crippen LogP contribution is 2.24. The van der Waals surface area contributed by atoms with Crippen molar-refractivity contribution in [2.45, 2.75) is 13.0 Å². The maximum absolute atomic E-state index is 13.1. The molecule has 0 N–H and O–H groups in total. The SMILES string of the molecule is COC[C@H](c1ccccn1)N(C)C(=O)c1cc2cc(C)ccc2n1C. The van der Waals surface area contributed by atoms with E-state index in [0.717, 1.165) is 16.6 Å². The van der Waals surface area contributed by atoms with Crippen molar-refractivity contribution in [2.24, 2.45) is 7.05 Å². The zero-order valence-corrected chi connectivity index (χ0v) is 15.1. The number of amides is 1. The van der Waals surface area contributed by atoms with Crippen LogP contribution in [0.15, 0.2) is 48.7 Å². The van der Waals surface area contributed by atoms with E-state index >= 15 is 0 Å². The average molecular weight is 337 g/mol. The van der Waals surface area contributed by atoms with E-state index in [2.05, 4.69) is 24.0 Å². The van der Waals surface area contributed by atoms with E-state index in [1.165, 1.54) is 5.56 Å². The lowest BCUT2D eigenvalue weighted by molar-refractivity contribution is 0.0586. The molecule has 0 aliphatic rings. The molecule has 25 heavy (non-hydrogen) atoms. The zero-order valence-electron chi connectivity index (χ0n) is 15.1. The fraction of sp³-hybridized carbons (Fsp3) is 0.300. The van der Waals surface area contributed by atoms with E-state index < -0.39 is 0 Å². The van der Waals surface area contributed by atoms with Gasteiger partial charge in [-0.1, -0.05) is 17.7 Å². The maximum atomic E-state index is 13.1. The molecule has 1 aromatic carbocycles. The summed E-state index contributed by atoms with van der Waals surface area (Å²) in [6, 6.07) is 13.6. The number of rotatable bonds is 5. The highest BCUT2D eigenvalue weighted by atomic mass is 16.5. The second-order valence-corrected chi connectivity index (χ2v) is 6.29. The lowest BCUT2D eigenvalue weighted by atomic mass is 10.1. The number of fused-ring (bicyclic) bond motifs is 1.